The van der Waals surface area contributed by atoms with Crippen LogP contribution in [0.3, 0.4) is 0 Å². The van der Waals surface area contributed by atoms with Gasteiger partial charge in [-0.2, -0.15) is 0 Å². The van der Waals surface area contributed by atoms with Gasteiger partial charge in [-0.05, 0) is 6.16 Å². The molecule has 0 spiro atoms. The minimum atomic E-state index is -2.33. The average molecular weight is 186 g/mol. The minimum Gasteiger partial charge on any atom is -0.652 e. The van der Waals surface area contributed by atoms with Gasteiger partial charge in [0.05, 0.1) is 6.26 Å². The van der Waals surface area contributed by atoms with Crippen LogP contribution in [0.15, 0.2) is 12.8 Å². The molecule has 0 fully saturated rings. The van der Waals surface area contributed by atoms with Crippen LogP contribution in [-0.2, 0) is 9.53 Å². The van der Waals surface area contributed by atoms with Crippen molar-refractivity contribution in [1.29, 1.82) is 0 Å². The van der Waals surface area contributed by atoms with Crippen LogP contribution in [0.2, 0.25) is 0 Å². The molecular formula is C5H6CaO5. The van der Waals surface area contributed by atoms with Crippen LogP contribution in [0.5, 0.6) is 0 Å². The van der Waals surface area contributed by atoms with E-state index >= 15 is 0 Å². The summed E-state index contributed by atoms with van der Waals surface area (Å²) in [5.74, 6) is -0.329. The fraction of sp³-hybridized carbons (Fsp3) is 0.200. The summed E-state index contributed by atoms with van der Waals surface area (Å²) in [4.78, 5) is 18.1. The van der Waals surface area contributed by atoms with Crippen molar-refractivity contribution in [2.45, 2.75) is 6.92 Å². The molecule has 0 aromatic carbocycles. The van der Waals surface area contributed by atoms with Crippen LogP contribution in [0.1, 0.15) is 6.92 Å². The van der Waals surface area contributed by atoms with E-state index in [9.17, 15) is 4.79 Å². The summed E-state index contributed by atoms with van der Waals surface area (Å²) in [6.45, 7) is 4.48. The Bertz CT molecular complexity index is 129. The first-order valence-electron chi connectivity index (χ1n) is 2.16. The fourth-order valence-corrected chi connectivity index (χ4v) is 0.117. The van der Waals surface area contributed by atoms with Crippen LogP contribution < -0.4 is 10.2 Å². The predicted molar refractivity (Wildman–Crippen MR) is 33.1 cm³/mol. The molecule has 0 aromatic rings. The summed E-state index contributed by atoms with van der Waals surface area (Å²) in [6, 6.07) is 0. The van der Waals surface area contributed by atoms with Crippen molar-refractivity contribution in [3.8, 4) is 0 Å². The molecule has 0 rings (SSSR count). The molecule has 0 saturated heterocycles. The summed E-state index contributed by atoms with van der Waals surface area (Å²) in [7, 11) is 0. The van der Waals surface area contributed by atoms with E-state index < -0.39 is 6.16 Å². The number of ether oxygens (including phenoxy) is 1. The van der Waals surface area contributed by atoms with Crippen LogP contribution in [0.25, 0.3) is 0 Å². The van der Waals surface area contributed by atoms with E-state index in [-0.39, 0.29) is 43.7 Å². The molecule has 0 aliphatic carbocycles. The number of rotatable bonds is 1. The van der Waals surface area contributed by atoms with Crippen molar-refractivity contribution < 1.29 is 24.5 Å². The quantitative estimate of drug-likeness (QED) is 0.265. The molecule has 0 unspecified atom stereocenters. The van der Waals surface area contributed by atoms with E-state index in [1.165, 1.54) is 6.92 Å². The molecule has 11 heavy (non-hydrogen) atoms. The van der Waals surface area contributed by atoms with E-state index in [0.29, 0.717) is 0 Å². The zero-order chi connectivity index (χ0) is 8.57. The average Bonchev–Trinajstić information content (AvgIpc) is 1.62. The first kappa shape index (κ1) is 17.0. The van der Waals surface area contributed by atoms with Gasteiger partial charge < -0.3 is 19.7 Å². The first-order valence-corrected chi connectivity index (χ1v) is 2.16. The van der Waals surface area contributed by atoms with Crippen LogP contribution in [0, 0.1) is 0 Å². The Labute approximate surface area is 93.7 Å². The van der Waals surface area contributed by atoms with Crippen molar-refractivity contribution in [3.05, 3.63) is 12.8 Å². The van der Waals surface area contributed by atoms with Crippen LogP contribution >= 0.6 is 0 Å². The SMILES string of the molecule is C=COC(C)=O.O=C([O-])[O-].[Ca+2]. The monoisotopic (exact) mass is 186 g/mol. The zero-order valence-corrected chi connectivity index (χ0v) is 8.24. The van der Waals surface area contributed by atoms with Gasteiger partial charge in [-0.15, -0.1) is 0 Å². The molecule has 0 aliphatic rings. The third-order valence-electron chi connectivity index (χ3n) is 0.249. The van der Waals surface area contributed by atoms with Gasteiger partial charge in [0.1, 0.15) is 0 Å². The third-order valence-corrected chi connectivity index (χ3v) is 0.249. The van der Waals surface area contributed by atoms with Crippen molar-refractivity contribution in [1.82, 2.24) is 0 Å². The predicted octanol–water partition coefficient (Wildman–Crippen LogP) is -2.13. The third kappa shape index (κ3) is 77.7. The van der Waals surface area contributed by atoms with E-state index in [2.05, 4.69) is 11.3 Å². The molecule has 0 N–H and O–H groups in total. The van der Waals surface area contributed by atoms with Crippen LogP contribution in [-0.4, -0.2) is 49.9 Å². The summed E-state index contributed by atoms with van der Waals surface area (Å²) in [5, 5.41) is 16.7. The van der Waals surface area contributed by atoms with Crippen LogP contribution in [0.4, 0.5) is 4.79 Å². The molecule has 0 bridgehead atoms. The van der Waals surface area contributed by atoms with Crippen molar-refractivity contribution in [3.63, 3.8) is 0 Å². The molecule has 0 amide bonds. The topological polar surface area (TPSA) is 89.5 Å². The molecule has 5 nitrogen and oxygen atoms in total. The Morgan fingerprint density at radius 1 is 1.45 bits per heavy atom. The molecule has 0 radical (unpaired) electrons. The summed E-state index contributed by atoms with van der Waals surface area (Å²) in [5.41, 5.74) is 0. The molecule has 0 aromatic heterocycles. The normalized spacial score (nSPS) is 5.91. The number of hydrogen-bond acceptors (Lipinski definition) is 5. The van der Waals surface area contributed by atoms with Gasteiger partial charge in [0.15, 0.2) is 0 Å². The van der Waals surface area contributed by atoms with Crippen molar-refractivity contribution in [2.24, 2.45) is 0 Å². The van der Waals surface area contributed by atoms with E-state index in [1.807, 2.05) is 0 Å². The van der Waals surface area contributed by atoms with Crippen molar-refractivity contribution >= 4 is 49.9 Å². The minimum absolute atomic E-state index is 0. The largest absolute Gasteiger partial charge is 2.00 e. The van der Waals surface area contributed by atoms with E-state index in [1.54, 1.807) is 0 Å². The number of carbonyl (C=O) groups excluding carboxylic acids is 2. The number of carbonyl (C=O) groups is 2. The van der Waals surface area contributed by atoms with Gasteiger partial charge in [0.25, 0.3) is 0 Å². The Morgan fingerprint density at radius 3 is 1.73 bits per heavy atom. The van der Waals surface area contributed by atoms with Gasteiger partial charge >= 0.3 is 43.7 Å². The Kier molecular flexibility index (Phi) is 19.2. The maximum absolute atomic E-state index is 9.75. The van der Waals surface area contributed by atoms with Gasteiger partial charge in [-0.1, -0.05) is 6.58 Å². The summed E-state index contributed by atoms with van der Waals surface area (Å²) >= 11 is 0. The number of hydrogen-bond donors (Lipinski definition) is 0. The van der Waals surface area contributed by atoms with Gasteiger partial charge in [0.2, 0.25) is 0 Å². The van der Waals surface area contributed by atoms with Crippen molar-refractivity contribution in [2.75, 3.05) is 0 Å². The molecule has 6 heteroatoms. The molecule has 0 aliphatic heterocycles. The second kappa shape index (κ2) is 12.4. The van der Waals surface area contributed by atoms with Gasteiger partial charge in [-0.25, -0.2) is 0 Å². The van der Waals surface area contributed by atoms with Gasteiger partial charge in [0, 0.05) is 6.92 Å². The maximum Gasteiger partial charge on any atom is 2.00 e. The Balaban J connectivity index is -0.000000114. The Morgan fingerprint density at radius 2 is 1.73 bits per heavy atom. The summed E-state index contributed by atoms with van der Waals surface area (Å²) < 4.78 is 4.17. The van der Waals surface area contributed by atoms with Gasteiger partial charge in [-0.3, -0.25) is 4.79 Å². The maximum atomic E-state index is 9.75. The Hall–Kier alpha value is -0.260. The molecular weight excluding hydrogens is 180 g/mol. The number of carboxylic acid groups (broad SMARTS) is 2. The van der Waals surface area contributed by atoms with E-state index in [0.717, 1.165) is 6.26 Å². The first-order chi connectivity index (χ1) is 4.50. The molecule has 0 heterocycles. The summed E-state index contributed by atoms with van der Waals surface area (Å²) in [6.07, 6.45) is -1.23. The second-order valence-corrected chi connectivity index (χ2v) is 1.03. The smallest absolute Gasteiger partial charge is 0.652 e. The molecule has 0 saturated carbocycles. The second-order valence-electron chi connectivity index (χ2n) is 1.03. The molecule has 0 atom stereocenters. The fourth-order valence-electron chi connectivity index (χ4n) is 0.117. The zero-order valence-electron chi connectivity index (χ0n) is 6.03. The van der Waals surface area contributed by atoms with E-state index in [4.69, 9.17) is 15.0 Å². The standard InChI is InChI=1S/C4H6O2.CH2O3.Ca/c1-3-6-4(2)5;2-1(3)4;/h3H,1H2,2H3;(H2,2,3,4);/q;;+2/p-2. The molecule has 58 valence electrons. The number of esters is 1.